The van der Waals surface area contributed by atoms with Gasteiger partial charge in [0.2, 0.25) is 0 Å². The molecule has 1 aliphatic rings. The van der Waals surface area contributed by atoms with Crippen LogP contribution in [0.1, 0.15) is 37.3 Å². The van der Waals surface area contributed by atoms with Crippen LogP contribution in [0.2, 0.25) is 0 Å². The average molecular weight is 345 g/mol. The second-order valence-electron chi connectivity index (χ2n) is 6.86. The van der Waals surface area contributed by atoms with E-state index in [1.54, 1.807) is 12.1 Å². The van der Waals surface area contributed by atoms with Crippen molar-refractivity contribution in [2.45, 2.75) is 44.9 Å². The van der Waals surface area contributed by atoms with Crippen molar-refractivity contribution in [2.75, 3.05) is 13.1 Å². The SMILES string of the molecule is CC1(OCc2ccccc2)CCCCN1CCc1cccc(F)c1F. The number of halogens is 2. The van der Waals surface area contributed by atoms with E-state index >= 15 is 0 Å². The molecule has 0 bridgehead atoms. The standard InChI is InChI=1S/C21H25F2NO/c1-21(25-16-17-8-3-2-4-9-17)13-5-6-14-24(21)15-12-18-10-7-11-19(22)20(18)23/h2-4,7-11H,5-6,12-16H2,1H3. The van der Waals surface area contributed by atoms with Gasteiger partial charge in [-0.25, -0.2) is 8.78 Å². The minimum Gasteiger partial charge on any atom is -0.356 e. The van der Waals surface area contributed by atoms with Crippen LogP contribution in [0.15, 0.2) is 48.5 Å². The molecule has 25 heavy (non-hydrogen) atoms. The second kappa shape index (κ2) is 8.07. The highest BCUT2D eigenvalue weighted by Crippen LogP contribution is 2.30. The highest BCUT2D eigenvalue weighted by atomic mass is 19.2. The van der Waals surface area contributed by atoms with E-state index in [0.29, 0.717) is 25.1 Å². The van der Waals surface area contributed by atoms with Crippen LogP contribution in [0.5, 0.6) is 0 Å². The van der Waals surface area contributed by atoms with Crippen LogP contribution in [0, 0.1) is 11.6 Å². The van der Waals surface area contributed by atoms with Gasteiger partial charge in [-0.3, -0.25) is 4.90 Å². The van der Waals surface area contributed by atoms with Crippen LogP contribution in [-0.4, -0.2) is 23.7 Å². The van der Waals surface area contributed by atoms with Crippen molar-refractivity contribution in [1.29, 1.82) is 0 Å². The molecule has 3 rings (SSSR count). The Morgan fingerprint density at radius 1 is 1.04 bits per heavy atom. The summed E-state index contributed by atoms with van der Waals surface area (Å²) in [4.78, 5) is 2.27. The Labute approximate surface area is 148 Å². The molecule has 2 aromatic carbocycles. The summed E-state index contributed by atoms with van der Waals surface area (Å²) in [5.41, 5.74) is 1.21. The number of nitrogens with zero attached hydrogens (tertiary/aromatic N) is 1. The van der Waals surface area contributed by atoms with E-state index in [4.69, 9.17) is 4.74 Å². The summed E-state index contributed by atoms with van der Waals surface area (Å²) in [6.07, 6.45) is 3.66. The normalized spacial score (nSPS) is 21.4. The molecule has 1 heterocycles. The maximum Gasteiger partial charge on any atom is 0.162 e. The molecule has 2 nitrogen and oxygen atoms in total. The zero-order valence-corrected chi connectivity index (χ0v) is 14.7. The second-order valence-corrected chi connectivity index (χ2v) is 6.86. The van der Waals surface area contributed by atoms with Gasteiger partial charge in [0.1, 0.15) is 5.72 Å². The molecule has 0 radical (unpaired) electrons. The smallest absolute Gasteiger partial charge is 0.162 e. The number of piperidine rings is 1. The van der Waals surface area contributed by atoms with Gasteiger partial charge in [-0.05, 0) is 49.8 Å². The van der Waals surface area contributed by atoms with Crippen LogP contribution < -0.4 is 0 Å². The summed E-state index contributed by atoms with van der Waals surface area (Å²) in [6.45, 7) is 4.24. The molecule has 0 aliphatic carbocycles. The lowest BCUT2D eigenvalue weighted by molar-refractivity contribution is -0.170. The van der Waals surface area contributed by atoms with E-state index < -0.39 is 11.6 Å². The quantitative estimate of drug-likeness (QED) is 0.736. The van der Waals surface area contributed by atoms with Crippen molar-refractivity contribution in [3.63, 3.8) is 0 Å². The van der Waals surface area contributed by atoms with Crippen molar-refractivity contribution in [3.8, 4) is 0 Å². The fourth-order valence-electron chi connectivity index (χ4n) is 3.47. The van der Waals surface area contributed by atoms with E-state index in [-0.39, 0.29) is 5.72 Å². The fraction of sp³-hybridized carbons (Fsp3) is 0.429. The molecule has 1 unspecified atom stereocenters. The first-order valence-electron chi connectivity index (χ1n) is 8.94. The molecule has 4 heteroatoms. The number of rotatable bonds is 6. The Morgan fingerprint density at radius 3 is 2.64 bits per heavy atom. The van der Waals surface area contributed by atoms with Gasteiger partial charge in [0.05, 0.1) is 6.61 Å². The van der Waals surface area contributed by atoms with Gasteiger partial charge in [-0.2, -0.15) is 0 Å². The van der Waals surface area contributed by atoms with E-state index in [1.807, 2.05) is 18.2 Å². The van der Waals surface area contributed by atoms with E-state index in [2.05, 4.69) is 24.0 Å². The van der Waals surface area contributed by atoms with Crippen LogP contribution in [-0.2, 0) is 17.8 Å². The van der Waals surface area contributed by atoms with Crippen molar-refractivity contribution < 1.29 is 13.5 Å². The van der Waals surface area contributed by atoms with Gasteiger partial charge in [0.15, 0.2) is 11.6 Å². The van der Waals surface area contributed by atoms with Crippen LogP contribution in [0.25, 0.3) is 0 Å². The first-order valence-corrected chi connectivity index (χ1v) is 8.94. The highest BCUT2D eigenvalue weighted by molar-refractivity contribution is 5.19. The monoisotopic (exact) mass is 345 g/mol. The van der Waals surface area contributed by atoms with Crippen molar-refractivity contribution in [2.24, 2.45) is 0 Å². The minimum atomic E-state index is -0.778. The van der Waals surface area contributed by atoms with E-state index in [1.165, 1.54) is 0 Å². The first-order chi connectivity index (χ1) is 12.1. The number of ether oxygens (including phenoxy) is 1. The van der Waals surface area contributed by atoms with Crippen LogP contribution in [0.3, 0.4) is 0 Å². The third-order valence-electron chi connectivity index (χ3n) is 5.06. The summed E-state index contributed by atoms with van der Waals surface area (Å²) >= 11 is 0. The zero-order valence-electron chi connectivity index (χ0n) is 14.7. The molecule has 0 saturated carbocycles. The van der Waals surface area contributed by atoms with Crippen LogP contribution >= 0.6 is 0 Å². The van der Waals surface area contributed by atoms with Crippen molar-refractivity contribution >= 4 is 0 Å². The lowest BCUT2D eigenvalue weighted by atomic mass is 9.98. The molecule has 1 saturated heterocycles. The van der Waals surface area contributed by atoms with Gasteiger partial charge in [0.25, 0.3) is 0 Å². The number of likely N-dealkylation sites (tertiary alicyclic amines) is 1. The predicted molar refractivity (Wildman–Crippen MR) is 95.1 cm³/mol. The number of benzene rings is 2. The molecule has 0 spiro atoms. The largest absolute Gasteiger partial charge is 0.356 e. The van der Waals surface area contributed by atoms with Crippen molar-refractivity contribution in [3.05, 3.63) is 71.3 Å². The molecule has 1 atom stereocenters. The fourth-order valence-corrected chi connectivity index (χ4v) is 3.47. The summed E-state index contributed by atoms with van der Waals surface area (Å²) < 4.78 is 33.6. The van der Waals surface area contributed by atoms with Gasteiger partial charge in [-0.1, -0.05) is 42.5 Å². The van der Waals surface area contributed by atoms with Crippen molar-refractivity contribution in [1.82, 2.24) is 4.90 Å². The van der Waals surface area contributed by atoms with Crippen LogP contribution in [0.4, 0.5) is 8.78 Å². The van der Waals surface area contributed by atoms with E-state index in [0.717, 1.165) is 37.4 Å². The number of hydrogen-bond acceptors (Lipinski definition) is 2. The first kappa shape index (κ1) is 18.0. The summed E-state index contributed by atoms with van der Waals surface area (Å²) in [5.74, 6) is -1.51. The van der Waals surface area contributed by atoms with Gasteiger partial charge < -0.3 is 4.74 Å². The maximum absolute atomic E-state index is 13.9. The molecule has 0 amide bonds. The Balaban J connectivity index is 1.64. The molecule has 0 aromatic heterocycles. The lowest BCUT2D eigenvalue weighted by Gasteiger charge is -2.44. The summed E-state index contributed by atoms with van der Waals surface area (Å²) in [5, 5.41) is 0. The third-order valence-corrected chi connectivity index (χ3v) is 5.06. The molecular formula is C21H25F2NO. The van der Waals surface area contributed by atoms with Gasteiger partial charge in [-0.15, -0.1) is 0 Å². The molecular weight excluding hydrogens is 320 g/mol. The molecule has 134 valence electrons. The number of hydrogen-bond donors (Lipinski definition) is 0. The predicted octanol–water partition coefficient (Wildman–Crippen LogP) is 4.93. The summed E-state index contributed by atoms with van der Waals surface area (Å²) in [6, 6.07) is 14.5. The van der Waals surface area contributed by atoms with E-state index in [9.17, 15) is 8.78 Å². The Morgan fingerprint density at radius 2 is 1.84 bits per heavy atom. The maximum atomic E-state index is 13.9. The molecule has 1 aliphatic heterocycles. The zero-order chi connectivity index (χ0) is 17.7. The van der Waals surface area contributed by atoms with Gasteiger partial charge in [0, 0.05) is 13.1 Å². The molecule has 2 aromatic rings. The average Bonchev–Trinajstić information content (AvgIpc) is 2.63. The lowest BCUT2D eigenvalue weighted by Crippen LogP contribution is -2.52. The topological polar surface area (TPSA) is 12.5 Å². The Bertz CT molecular complexity index is 692. The molecule has 0 N–H and O–H groups in total. The Hall–Kier alpha value is -1.78. The summed E-state index contributed by atoms with van der Waals surface area (Å²) in [7, 11) is 0. The molecule has 1 fully saturated rings. The third kappa shape index (κ3) is 4.44. The highest BCUT2D eigenvalue weighted by Gasteiger charge is 2.35. The minimum absolute atomic E-state index is 0.363. The Kier molecular flexibility index (Phi) is 5.82. The van der Waals surface area contributed by atoms with Gasteiger partial charge >= 0.3 is 0 Å².